The number of carboxylic acid groups (broad SMARTS) is 1. The smallest absolute Gasteiger partial charge is 0.352 e. The Balaban J connectivity index is 1.79. The number of nitrogens with two attached hydrogens (primary N) is 1. The number of halogens is 1. The first-order valence-electron chi connectivity index (χ1n) is 8.06. The Kier molecular flexibility index (Phi) is 6.39. The van der Waals surface area contributed by atoms with Crippen LogP contribution in [0.25, 0.3) is 0 Å². The Morgan fingerprint density at radius 2 is 2.31 bits per heavy atom. The van der Waals surface area contributed by atoms with E-state index in [1.54, 1.807) is 0 Å². The fraction of sp³-hybridized carbons (Fsp3) is 0.333. The minimum absolute atomic E-state index is 0.00345. The van der Waals surface area contributed by atoms with Gasteiger partial charge >= 0.3 is 5.97 Å². The van der Waals surface area contributed by atoms with Gasteiger partial charge in [0.1, 0.15) is 23.7 Å². The van der Waals surface area contributed by atoms with Crippen molar-refractivity contribution in [2.75, 3.05) is 24.0 Å². The van der Waals surface area contributed by atoms with Crippen molar-refractivity contribution in [3.63, 3.8) is 0 Å². The molecule has 11 nitrogen and oxygen atoms in total. The highest BCUT2D eigenvalue weighted by Crippen LogP contribution is 2.40. The second kappa shape index (κ2) is 8.80. The van der Waals surface area contributed by atoms with Gasteiger partial charge in [0.25, 0.3) is 11.8 Å². The molecule has 3 rings (SSSR count). The number of hydrogen-bond donors (Lipinski definition) is 3. The Bertz CT molecular complexity index is 932. The highest BCUT2D eigenvalue weighted by atomic mass is 35.5. The van der Waals surface area contributed by atoms with Crippen molar-refractivity contribution in [1.29, 1.82) is 0 Å². The highest BCUT2D eigenvalue weighted by molar-refractivity contribution is 8.00. The fourth-order valence-electron chi connectivity index (χ4n) is 2.67. The quantitative estimate of drug-likeness (QED) is 0.122. The number of aromatic nitrogens is 2. The van der Waals surface area contributed by atoms with Gasteiger partial charge in [-0.1, -0.05) is 17.8 Å². The molecule has 29 heavy (non-hydrogen) atoms. The van der Waals surface area contributed by atoms with Crippen LogP contribution in [-0.2, 0) is 19.2 Å². The molecule has 2 amide bonds. The van der Waals surface area contributed by atoms with Crippen molar-refractivity contribution >= 4 is 63.5 Å². The lowest BCUT2D eigenvalue weighted by Gasteiger charge is -2.49. The summed E-state index contributed by atoms with van der Waals surface area (Å²) < 4.78 is 3.93. The molecule has 1 aromatic heterocycles. The van der Waals surface area contributed by atoms with Gasteiger partial charge < -0.3 is 21.0 Å². The van der Waals surface area contributed by atoms with E-state index < -0.39 is 29.2 Å². The van der Waals surface area contributed by atoms with E-state index in [1.807, 2.05) is 0 Å². The number of alkyl halides is 1. The summed E-state index contributed by atoms with van der Waals surface area (Å²) in [4.78, 5) is 46.8. The maximum absolute atomic E-state index is 12.7. The Hall–Kier alpha value is -2.64. The van der Waals surface area contributed by atoms with Crippen molar-refractivity contribution < 1.29 is 24.3 Å². The van der Waals surface area contributed by atoms with Crippen LogP contribution in [0.2, 0.25) is 0 Å². The maximum atomic E-state index is 12.7. The first-order valence-corrected chi connectivity index (χ1v) is 10.4. The average Bonchev–Trinajstić information content (AvgIpc) is 3.13. The van der Waals surface area contributed by atoms with Crippen LogP contribution in [0.3, 0.4) is 0 Å². The number of carbonyl (C=O) groups excluding carboxylic acids is 2. The third kappa shape index (κ3) is 4.06. The van der Waals surface area contributed by atoms with Gasteiger partial charge in [-0.2, -0.15) is 9.36 Å². The number of rotatable bonds is 8. The number of thioether (sulfide) groups is 1. The van der Waals surface area contributed by atoms with Crippen LogP contribution in [-0.4, -0.2) is 72.5 Å². The van der Waals surface area contributed by atoms with Crippen LogP contribution in [0.5, 0.6) is 0 Å². The van der Waals surface area contributed by atoms with Crippen molar-refractivity contribution in [3.05, 3.63) is 29.7 Å². The predicted octanol–water partition coefficient (Wildman–Crippen LogP) is 0.00440. The second-order valence-electron chi connectivity index (χ2n) is 5.73. The number of fused-ring (bicyclic) bond motifs is 1. The van der Waals surface area contributed by atoms with E-state index in [0.29, 0.717) is 11.3 Å². The van der Waals surface area contributed by atoms with Crippen LogP contribution < -0.4 is 11.1 Å². The van der Waals surface area contributed by atoms with Crippen LogP contribution in [0.1, 0.15) is 5.82 Å². The number of nitrogens with one attached hydrogen (secondary N) is 1. The van der Waals surface area contributed by atoms with Crippen LogP contribution in [0.15, 0.2) is 29.1 Å². The van der Waals surface area contributed by atoms with Gasteiger partial charge in [-0.15, -0.1) is 23.4 Å². The van der Waals surface area contributed by atoms with E-state index in [1.165, 1.54) is 17.8 Å². The van der Waals surface area contributed by atoms with Gasteiger partial charge in [-0.25, -0.2) is 4.79 Å². The third-order valence-corrected chi connectivity index (χ3v) is 6.12. The van der Waals surface area contributed by atoms with Crippen LogP contribution in [0.4, 0.5) is 5.13 Å². The number of amides is 2. The number of nitrogens with zero attached hydrogens (tertiary/aromatic N) is 4. The van der Waals surface area contributed by atoms with Crippen molar-refractivity contribution in [1.82, 2.24) is 19.6 Å². The molecule has 1 aromatic rings. The zero-order chi connectivity index (χ0) is 21.1. The number of hydrogen-bond acceptors (Lipinski definition) is 10. The van der Waals surface area contributed by atoms with Crippen molar-refractivity contribution in [2.24, 2.45) is 5.16 Å². The van der Waals surface area contributed by atoms with E-state index in [0.717, 1.165) is 16.4 Å². The van der Waals surface area contributed by atoms with Gasteiger partial charge in [0.2, 0.25) is 11.5 Å². The molecule has 4 N–H and O–H groups in total. The molecule has 1 saturated heterocycles. The topological polar surface area (TPSA) is 160 Å². The summed E-state index contributed by atoms with van der Waals surface area (Å²) >= 11 is 7.97. The SMILES string of the molecule is C=CCON=C(C(=O)NC1C(=O)N2C(C(=O)O)=C(CCl)CS[C@@H]12)c1nsc(N)n1. The molecule has 2 atom stereocenters. The van der Waals surface area contributed by atoms with Gasteiger partial charge in [0.15, 0.2) is 5.13 Å². The maximum Gasteiger partial charge on any atom is 0.352 e. The molecule has 0 spiro atoms. The number of nitrogen functional groups attached to an aromatic ring is 1. The molecule has 1 fully saturated rings. The number of oxime groups is 1. The fourth-order valence-corrected chi connectivity index (χ4v) is 4.78. The van der Waals surface area contributed by atoms with Gasteiger partial charge in [-0.3, -0.25) is 14.5 Å². The first kappa shape index (κ1) is 21.1. The largest absolute Gasteiger partial charge is 0.477 e. The molecule has 2 aliphatic heterocycles. The zero-order valence-electron chi connectivity index (χ0n) is 14.7. The van der Waals surface area contributed by atoms with E-state index in [2.05, 4.69) is 26.4 Å². The highest BCUT2D eigenvalue weighted by Gasteiger charge is 2.54. The molecule has 2 aliphatic rings. The third-order valence-electron chi connectivity index (χ3n) is 3.91. The lowest BCUT2D eigenvalue weighted by atomic mass is 10.0. The first-order chi connectivity index (χ1) is 13.9. The summed E-state index contributed by atoms with van der Waals surface area (Å²) in [6.07, 6.45) is 1.43. The van der Waals surface area contributed by atoms with Crippen LogP contribution >= 0.6 is 34.9 Å². The molecule has 0 saturated carbocycles. The second-order valence-corrected chi connectivity index (χ2v) is 7.89. The van der Waals surface area contributed by atoms with Crippen molar-refractivity contribution in [3.8, 4) is 0 Å². The number of carboxylic acids is 1. The minimum atomic E-state index is -1.24. The van der Waals surface area contributed by atoms with Gasteiger partial charge in [-0.05, 0) is 5.57 Å². The van der Waals surface area contributed by atoms with Crippen LogP contribution in [0, 0.1) is 0 Å². The summed E-state index contributed by atoms with van der Waals surface area (Å²) in [5.74, 6) is -2.28. The van der Waals surface area contributed by atoms with E-state index in [4.69, 9.17) is 22.2 Å². The number of carbonyl (C=O) groups is 3. The minimum Gasteiger partial charge on any atom is -0.477 e. The van der Waals surface area contributed by atoms with Gasteiger partial charge in [0, 0.05) is 23.2 Å². The molecule has 154 valence electrons. The monoisotopic (exact) mass is 458 g/mol. The lowest BCUT2D eigenvalue weighted by Crippen LogP contribution is -2.71. The standard InChI is InChI=1S/C15H15ClN6O5S2/c1-2-3-27-20-7(10-19-15(17)29-21-10)11(23)18-8-12(24)22-9(14(25)26)6(4-16)5-28-13(8)22/h2,8,13H,1,3-5H2,(H,18,23)(H,25,26)(H2,17,19,21)/t8?,13-/m0/s1. The molecule has 1 unspecified atom stereocenters. The molecular formula is C15H15ClN6O5S2. The summed E-state index contributed by atoms with van der Waals surface area (Å²) in [5, 5.41) is 15.2. The summed E-state index contributed by atoms with van der Waals surface area (Å²) in [6, 6.07) is -0.945. The Morgan fingerprint density at radius 1 is 1.55 bits per heavy atom. The van der Waals surface area contributed by atoms with Crippen molar-refractivity contribution in [2.45, 2.75) is 11.4 Å². The molecule has 0 aromatic carbocycles. The number of aliphatic carboxylic acids is 1. The normalized spacial score (nSPS) is 21.3. The zero-order valence-corrected chi connectivity index (χ0v) is 17.1. The summed E-state index contributed by atoms with van der Waals surface area (Å²) in [7, 11) is 0. The molecule has 0 bridgehead atoms. The Labute approximate surface area is 177 Å². The average molecular weight is 459 g/mol. The Morgan fingerprint density at radius 3 is 2.90 bits per heavy atom. The predicted molar refractivity (Wildman–Crippen MR) is 107 cm³/mol. The van der Waals surface area contributed by atoms with E-state index in [-0.39, 0.29) is 34.9 Å². The van der Waals surface area contributed by atoms with Gasteiger partial charge in [0.05, 0.1) is 0 Å². The summed E-state index contributed by atoms with van der Waals surface area (Å²) in [6.45, 7) is 3.52. The molecule has 0 aliphatic carbocycles. The lowest BCUT2D eigenvalue weighted by molar-refractivity contribution is -0.150. The number of anilines is 1. The number of β-lactam (4-membered cyclic amide) rings is 1. The molecule has 14 heteroatoms. The van der Waals surface area contributed by atoms with E-state index >= 15 is 0 Å². The molecule has 3 heterocycles. The molecule has 0 radical (unpaired) electrons. The summed E-state index contributed by atoms with van der Waals surface area (Å²) in [5.41, 5.74) is 5.60. The van der Waals surface area contributed by atoms with E-state index in [9.17, 15) is 19.5 Å². The molecular weight excluding hydrogens is 444 g/mol.